The van der Waals surface area contributed by atoms with E-state index in [-0.39, 0.29) is 29.4 Å². The van der Waals surface area contributed by atoms with Gasteiger partial charge < -0.3 is 24.6 Å². The number of aliphatic hydroxyl groups excluding tert-OH is 1. The second kappa shape index (κ2) is 15.1. The van der Waals surface area contributed by atoms with E-state index in [1.807, 2.05) is 6.92 Å². The lowest BCUT2D eigenvalue weighted by Crippen LogP contribution is -2.38. The molecule has 0 bridgehead atoms. The van der Waals surface area contributed by atoms with Crippen LogP contribution in [-0.2, 0) is 35.3 Å². The first-order chi connectivity index (χ1) is 21.9. The molecule has 3 aromatic rings. The summed E-state index contributed by atoms with van der Waals surface area (Å²) < 4.78 is 78.3. The van der Waals surface area contributed by atoms with Crippen LogP contribution in [0.3, 0.4) is 0 Å². The van der Waals surface area contributed by atoms with Crippen molar-refractivity contribution >= 4 is 22.1 Å². The van der Waals surface area contributed by atoms with Crippen molar-refractivity contribution in [2.24, 2.45) is 10.7 Å². The molecule has 47 heavy (non-hydrogen) atoms. The summed E-state index contributed by atoms with van der Waals surface area (Å²) in [7, 11) is -4.49. The molecule has 2 N–H and O–H groups in total. The van der Waals surface area contributed by atoms with Gasteiger partial charge in [0.1, 0.15) is 19.7 Å². The molecule has 19 heteroatoms. The molecule has 0 aliphatic rings. The van der Waals surface area contributed by atoms with E-state index in [4.69, 9.17) is 9.47 Å². The molecule has 3 rings (SSSR count). The molecule has 0 radical (unpaired) electrons. The summed E-state index contributed by atoms with van der Waals surface area (Å²) in [6.07, 6.45) is -6.13. The maximum Gasteiger partial charge on any atom is 0.435 e. The quantitative estimate of drug-likeness (QED) is 0.0662. The van der Waals surface area contributed by atoms with E-state index in [0.29, 0.717) is 5.56 Å². The Balaban J connectivity index is 1.63. The molecule has 0 aliphatic carbocycles. The van der Waals surface area contributed by atoms with E-state index < -0.39 is 64.3 Å². The van der Waals surface area contributed by atoms with Crippen molar-refractivity contribution in [3.8, 4) is 16.9 Å². The Hall–Kier alpha value is -4.91. The summed E-state index contributed by atoms with van der Waals surface area (Å²) >= 11 is 0. The van der Waals surface area contributed by atoms with Crippen molar-refractivity contribution in [2.75, 3.05) is 33.1 Å². The van der Waals surface area contributed by atoms with Crippen LogP contribution in [0.5, 0.6) is 0 Å². The predicted octanol–water partition coefficient (Wildman–Crippen LogP) is 3.93. The third kappa shape index (κ3) is 10.3. The maximum atomic E-state index is 13.5. The van der Waals surface area contributed by atoms with Crippen LogP contribution in [0.15, 0.2) is 64.8 Å². The van der Waals surface area contributed by atoms with Gasteiger partial charge in [-0.2, -0.15) is 18.3 Å². The Bertz CT molecular complexity index is 1670. The van der Waals surface area contributed by atoms with E-state index in [9.17, 15) is 41.5 Å². The van der Waals surface area contributed by atoms with Crippen molar-refractivity contribution in [2.45, 2.75) is 38.8 Å². The van der Waals surface area contributed by atoms with Crippen LogP contribution in [0, 0.1) is 17.5 Å². The fourth-order valence-electron chi connectivity index (χ4n) is 3.67. The average Bonchev–Trinajstić information content (AvgIpc) is 3.45. The third-order valence-corrected chi connectivity index (χ3v) is 7.45. The lowest BCUT2D eigenvalue weighted by Gasteiger charge is -2.17. The number of hydrazine groups is 1. The van der Waals surface area contributed by atoms with Crippen LogP contribution in [0.25, 0.3) is 16.9 Å². The normalized spacial score (nSPS) is 12.4. The van der Waals surface area contributed by atoms with Gasteiger partial charge in [0.05, 0.1) is 33.3 Å². The van der Waals surface area contributed by atoms with Gasteiger partial charge in [0.15, 0.2) is 5.69 Å². The second-order valence-electron chi connectivity index (χ2n) is 10.9. The van der Waals surface area contributed by atoms with Crippen LogP contribution < -0.4 is 4.72 Å². The number of nitrogens with one attached hydrogen (secondary N) is 1. The molecule has 0 aliphatic heterocycles. The number of halogens is 3. The largest absolute Gasteiger partial charge is 0.569 e. The number of carbonyl (C=O) groups is 2. The summed E-state index contributed by atoms with van der Waals surface area (Å²) in [5.41, 5.74) is -0.386. The average molecular weight is 687 g/mol. The number of aliphatic hydroxyl groups is 1. The van der Waals surface area contributed by atoms with Crippen LogP contribution in [-0.4, -0.2) is 78.4 Å². The molecule has 1 amide bonds. The van der Waals surface area contributed by atoms with Gasteiger partial charge >= 0.3 is 18.2 Å². The number of esters is 1. The predicted molar refractivity (Wildman–Crippen MR) is 157 cm³/mol. The fourth-order valence-corrected chi connectivity index (χ4v) is 4.56. The number of carbonyl (C=O) groups excluding carboxylic acids is 2. The first-order valence-electron chi connectivity index (χ1n) is 13.8. The molecule has 0 atom stereocenters. The minimum absolute atomic E-state index is 0.0811. The molecule has 0 saturated carbocycles. The standard InChI is InChI=1S/C28H33F3N6O9S/c1-19-5-7-20(8-6-19)23-17-24(28(29,30)31)32-36(23)21-9-11-22(12-10-21)47(42,43)33-26(40)44-16-14-35(13-15-38)37(41)34-46-18-45-25(39)27(2,3)4/h5-12,17,38H,13-16,18H2,1-4H3,(H,33,40)/b37-34-. The van der Waals surface area contributed by atoms with Gasteiger partial charge in [-0.05, 0) is 58.0 Å². The van der Waals surface area contributed by atoms with E-state index in [1.54, 1.807) is 49.8 Å². The van der Waals surface area contributed by atoms with E-state index in [2.05, 4.69) is 15.2 Å². The van der Waals surface area contributed by atoms with E-state index in [1.165, 1.54) is 12.1 Å². The summed E-state index contributed by atoms with van der Waals surface area (Å²) in [4.78, 5) is 28.1. The highest BCUT2D eigenvalue weighted by atomic mass is 32.2. The highest BCUT2D eigenvalue weighted by Gasteiger charge is 2.35. The molecular weight excluding hydrogens is 653 g/mol. The van der Waals surface area contributed by atoms with Gasteiger partial charge in [-0.25, -0.2) is 22.6 Å². The SMILES string of the molecule is Cc1ccc(-c2cc(C(F)(F)F)nn2-c2ccc(S(=O)(=O)NC(=O)OCCN(CCO)/[N+]([O-])=N/OCOC(=O)C(C)(C)C)cc2)cc1. The number of rotatable bonds is 13. The first kappa shape index (κ1) is 36.6. The monoisotopic (exact) mass is 686 g/mol. The zero-order valence-corrected chi connectivity index (χ0v) is 26.5. The topological polar surface area (TPSA) is 188 Å². The number of benzene rings is 2. The summed E-state index contributed by atoms with van der Waals surface area (Å²) in [6, 6.07) is 12.2. The molecular formula is C28H33F3N6O9S. The molecule has 2 aromatic carbocycles. The highest BCUT2D eigenvalue weighted by Crippen LogP contribution is 2.33. The van der Waals surface area contributed by atoms with Crippen molar-refractivity contribution in [1.29, 1.82) is 0 Å². The number of hydrogen-bond donors (Lipinski definition) is 2. The van der Waals surface area contributed by atoms with E-state index in [0.717, 1.165) is 33.5 Å². The fraction of sp³-hybridized carbons (Fsp3) is 0.393. The number of aromatic nitrogens is 2. The van der Waals surface area contributed by atoms with E-state index >= 15 is 0 Å². The number of aryl methyl sites for hydroxylation is 1. The van der Waals surface area contributed by atoms with Gasteiger partial charge in [-0.3, -0.25) is 4.79 Å². The molecule has 0 spiro atoms. The molecule has 15 nitrogen and oxygen atoms in total. The summed E-state index contributed by atoms with van der Waals surface area (Å²) in [5.74, 6) is -0.604. The molecule has 0 fully saturated rings. The van der Waals surface area contributed by atoms with Crippen molar-refractivity contribution in [1.82, 2.24) is 19.5 Å². The van der Waals surface area contributed by atoms with Crippen LogP contribution in [0.4, 0.5) is 18.0 Å². The lowest BCUT2D eigenvalue weighted by molar-refractivity contribution is -0.712. The molecule has 0 saturated heterocycles. The number of nitrogens with zero attached hydrogens (tertiary/aromatic N) is 5. The van der Waals surface area contributed by atoms with Crippen molar-refractivity contribution in [3.05, 3.63) is 71.1 Å². The minimum atomic E-state index is -4.73. The van der Waals surface area contributed by atoms with Crippen LogP contribution in [0.2, 0.25) is 0 Å². The number of ether oxygens (including phenoxy) is 2. The van der Waals surface area contributed by atoms with Crippen molar-refractivity contribution < 1.29 is 55.6 Å². The van der Waals surface area contributed by atoms with Gasteiger partial charge in [0.2, 0.25) is 5.28 Å². The Morgan fingerprint density at radius 3 is 2.28 bits per heavy atom. The Morgan fingerprint density at radius 2 is 1.70 bits per heavy atom. The minimum Gasteiger partial charge on any atom is -0.569 e. The maximum absolute atomic E-state index is 13.5. The van der Waals surface area contributed by atoms with Crippen LogP contribution in [0.1, 0.15) is 32.0 Å². The smallest absolute Gasteiger partial charge is 0.435 e. The number of sulfonamides is 1. The summed E-state index contributed by atoms with van der Waals surface area (Å²) in [6.45, 7) is 4.31. The van der Waals surface area contributed by atoms with Crippen LogP contribution >= 0.6 is 0 Å². The lowest BCUT2D eigenvalue weighted by atomic mass is 9.98. The van der Waals surface area contributed by atoms with Gasteiger partial charge in [-0.15, -0.1) is 5.01 Å². The zero-order chi connectivity index (χ0) is 35.0. The Kier molecular flexibility index (Phi) is 11.8. The highest BCUT2D eigenvalue weighted by molar-refractivity contribution is 7.90. The Labute approximate surface area is 267 Å². The van der Waals surface area contributed by atoms with Gasteiger partial charge in [0, 0.05) is 5.56 Å². The van der Waals surface area contributed by atoms with Crippen molar-refractivity contribution in [3.63, 3.8) is 0 Å². The summed E-state index contributed by atoms with van der Waals surface area (Å²) in [5, 5.41) is 29.0. The third-order valence-electron chi connectivity index (χ3n) is 6.12. The zero-order valence-electron chi connectivity index (χ0n) is 25.7. The van der Waals surface area contributed by atoms with Gasteiger partial charge in [0.25, 0.3) is 16.8 Å². The molecule has 0 unspecified atom stereocenters. The molecule has 256 valence electrons. The second-order valence-corrected chi connectivity index (χ2v) is 12.5. The Morgan fingerprint density at radius 1 is 1.06 bits per heavy atom. The number of alkyl halides is 3. The molecule has 1 aromatic heterocycles. The first-order valence-corrected chi connectivity index (χ1v) is 15.3. The molecule has 1 heterocycles. The van der Waals surface area contributed by atoms with Gasteiger partial charge in [-0.1, -0.05) is 29.8 Å². The number of amides is 1. The number of hydrogen-bond acceptors (Lipinski definition) is 11.